The summed E-state index contributed by atoms with van der Waals surface area (Å²) in [6, 6.07) is 0.807. The van der Waals surface area contributed by atoms with Gasteiger partial charge in [-0.2, -0.15) is 0 Å². The molecule has 1 saturated heterocycles. The van der Waals surface area contributed by atoms with Crippen LogP contribution in [0, 0.1) is 18.7 Å². The fourth-order valence-corrected chi connectivity index (χ4v) is 5.98. The molecule has 5 atom stereocenters. The smallest absolute Gasteiger partial charge is 0.330 e. The summed E-state index contributed by atoms with van der Waals surface area (Å²) >= 11 is 3.30. The molecular weight excluding hydrogens is 573 g/mol. The first kappa shape index (κ1) is 27.4. The van der Waals surface area contributed by atoms with Gasteiger partial charge in [-0.15, -0.1) is 0 Å². The number of fused-ring (bicyclic) bond motifs is 3. The van der Waals surface area contributed by atoms with Crippen molar-refractivity contribution in [2.75, 3.05) is 6.54 Å². The number of ether oxygens (including phenoxy) is 1. The zero-order valence-corrected chi connectivity index (χ0v) is 23.1. The van der Waals surface area contributed by atoms with Gasteiger partial charge in [-0.25, -0.2) is 19.2 Å². The number of halogens is 2. The molecular formula is C27H31BrFN5O5. The van der Waals surface area contributed by atoms with E-state index in [2.05, 4.69) is 31.2 Å². The molecule has 1 aromatic carbocycles. The highest BCUT2D eigenvalue weighted by Crippen LogP contribution is 2.45. The van der Waals surface area contributed by atoms with Gasteiger partial charge in [-0.3, -0.25) is 9.59 Å². The molecule has 0 radical (unpaired) electrons. The fraction of sp³-hybridized carbons (Fsp3) is 0.519. The lowest BCUT2D eigenvalue weighted by molar-refractivity contribution is -0.145. The SMILES string of the molecule is Cc1nc2c(Br)cc(F)cc2nc1O[C@@H]1C[C@H]2C(=O)N[C@]3(C(=O)O)C[C@H]3/C=C\CCCCC[C@H](N)C(=O)N2C1. The van der Waals surface area contributed by atoms with Gasteiger partial charge in [-0.1, -0.05) is 25.0 Å². The van der Waals surface area contributed by atoms with E-state index < -0.39 is 41.4 Å². The van der Waals surface area contributed by atoms with Crippen LogP contribution in [0.3, 0.4) is 0 Å². The first-order valence-electron chi connectivity index (χ1n) is 13.2. The van der Waals surface area contributed by atoms with Gasteiger partial charge in [0.05, 0.1) is 18.1 Å². The number of allylic oxidation sites excluding steroid dienone is 1. The molecule has 0 bridgehead atoms. The van der Waals surface area contributed by atoms with Crippen molar-refractivity contribution >= 4 is 44.7 Å². The number of aliphatic carboxylic acids is 1. The van der Waals surface area contributed by atoms with Crippen LogP contribution in [0.4, 0.5) is 4.39 Å². The number of amides is 2. The quantitative estimate of drug-likeness (QED) is 0.453. The second-order valence-corrected chi connectivity index (χ2v) is 11.5. The molecule has 2 fully saturated rings. The molecule has 1 aliphatic carbocycles. The van der Waals surface area contributed by atoms with E-state index in [0.717, 1.165) is 25.7 Å². The summed E-state index contributed by atoms with van der Waals surface area (Å²) in [4.78, 5) is 49.3. The van der Waals surface area contributed by atoms with E-state index in [1.165, 1.54) is 17.0 Å². The van der Waals surface area contributed by atoms with Gasteiger partial charge in [0.15, 0.2) is 0 Å². The molecule has 3 aliphatic rings. The van der Waals surface area contributed by atoms with Gasteiger partial charge in [-0.05, 0) is 54.6 Å². The number of carbonyl (C=O) groups is 3. The maximum atomic E-state index is 14.0. The highest BCUT2D eigenvalue weighted by atomic mass is 79.9. The van der Waals surface area contributed by atoms with Crippen molar-refractivity contribution in [3.63, 3.8) is 0 Å². The van der Waals surface area contributed by atoms with Crippen molar-refractivity contribution in [2.45, 2.75) is 75.6 Å². The monoisotopic (exact) mass is 603 g/mol. The van der Waals surface area contributed by atoms with Crippen LogP contribution in [0.2, 0.25) is 0 Å². The van der Waals surface area contributed by atoms with Crippen molar-refractivity contribution in [1.29, 1.82) is 0 Å². The van der Waals surface area contributed by atoms with Crippen LogP contribution in [0.25, 0.3) is 11.0 Å². The molecule has 2 aromatic rings. The molecule has 1 aromatic heterocycles. The third kappa shape index (κ3) is 5.49. The Kier molecular flexibility index (Phi) is 7.60. The zero-order valence-electron chi connectivity index (χ0n) is 21.5. The first-order valence-corrected chi connectivity index (χ1v) is 14.0. The number of nitrogens with two attached hydrogens (primary N) is 1. The summed E-state index contributed by atoms with van der Waals surface area (Å²) in [6.45, 7) is 1.77. The molecule has 2 amide bonds. The van der Waals surface area contributed by atoms with E-state index in [-0.39, 0.29) is 30.7 Å². The number of hydrogen-bond donors (Lipinski definition) is 3. The lowest BCUT2D eigenvalue weighted by Gasteiger charge is -2.27. The first-order chi connectivity index (χ1) is 18.6. The molecule has 208 valence electrons. The number of carboxylic acid groups (broad SMARTS) is 1. The van der Waals surface area contributed by atoms with E-state index in [0.29, 0.717) is 34.0 Å². The van der Waals surface area contributed by atoms with E-state index in [1.54, 1.807) is 6.92 Å². The second kappa shape index (κ2) is 10.8. The molecule has 12 heteroatoms. The Labute approximate surface area is 233 Å². The molecule has 0 unspecified atom stereocenters. The van der Waals surface area contributed by atoms with Crippen molar-refractivity contribution in [2.24, 2.45) is 11.7 Å². The topological polar surface area (TPSA) is 148 Å². The Hall–Kier alpha value is -3.12. The molecule has 3 heterocycles. The number of benzene rings is 1. The summed E-state index contributed by atoms with van der Waals surface area (Å²) in [5.41, 5.74) is 6.10. The normalized spacial score (nSPS) is 30.5. The largest absolute Gasteiger partial charge is 0.479 e. The highest BCUT2D eigenvalue weighted by molar-refractivity contribution is 9.10. The van der Waals surface area contributed by atoms with Gasteiger partial charge < -0.3 is 25.8 Å². The van der Waals surface area contributed by atoms with Crippen molar-refractivity contribution in [3.05, 3.63) is 40.3 Å². The van der Waals surface area contributed by atoms with Crippen LogP contribution in [0.1, 0.15) is 50.6 Å². The zero-order chi connectivity index (χ0) is 27.9. The van der Waals surface area contributed by atoms with E-state index in [1.807, 2.05) is 12.2 Å². The number of aromatic nitrogens is 2. The summed E-state index contributed by atoms with van der Waals surface area (Å²) in [6.07, 6.45) is 7.47. The third-order valence-electron chi connectivity index (χ3n) is 7.76. The summed E-state index contributed by atoms with van der Waals surface area (Å²) in [5.74, 6) is -2.66. The minimum Gasteiger partial charge on any atom is -0.479 e. The predicted octanol–water partition coefficient (Wildman–Crippen LogP) is 3.00. The predicted molar refractivity (Wildman–Crippen MR) is 143 cm³/mol. The van der Waals surface area contributed by atoms with Gasteiger partial charge >= 0.3 is 5.97 Å². The Bertz CT molecular complexity index is 1360. The molecule has 1 saturated carbocycles. The Morgan fingerprint density at radius 3 is 2.85 bits per heavy atom. The fourth-order valence-electron chi connectivity index (χ4n) is 5.47. The summed E-state index contributed by atoms with van der Waals surface area (Å²) < 4.78 is 20.6. The average Bonchev–Trinajstić information content (AvgIpc) is 3.41. The Morgan fingerprint density at radius 1 is 1.28 bits per heavy atom. The highest BCUT2D eigenvalue weighted by Gasteiger charge is 2.61. The molecule has 4 N–H and O–H groups in total. The number of nitrogens with zero attached hydrogens (tertiary/aromatic N) is 3. The number of aryl methyl sites for hydroxylation is 1. The van der Waals surface area contributed by atoms with Crippen LogP contribution in [0.15, 0.2) is 28.8 Å². The minimum atomic E-state index is -1.39. The summed E-state index contributed by atoms with van der Waals surface area (Å²) in [5, 5.41) is 12.6. The van der Waals surface area contributed by atoms with Crippen LogP contribution in [-0.4, -0.2) is 68.0 Å². The van der Waals surface area contributed by atoms with E-state index in [4.69, 9.17) is 10.5 Å². The minimum absolute atomic E-state index is 0.0695. The van der Waals surface area contributed by atoms with Gasteiger partial charge in [0.1, 0.15) is 34.7 Å². The Balaban J connectivity index is 1.41. The van der Waals surface area contributed by atoms with Crippen LogP contribution < -0.4 is 15.8 Å². The van der Waals surface area contributed by atoms with Gasteiger partial charge in [0, 0.05) is 22.9 Å². The number of carbonyl (C=O) groups excluding carboxylic acids is 2. The Morgan fingerprint density at radius 2 is 2.08 bits per heavy atom. The lowest BCUT2D eigenvalue weighted by Crippen LogP contribution is -2.55. The standard InChI is InChI=1S/C27H31BrFN5O5/c1-14-24(32-20-10-16(29)9-18(28)22(20)31-14)39-17-11-21-23(35)33-27(26(37)38)12-15(27)7-5-3-2-4-6-8-19(30)25(36)34(21)13-17/h5,7,9-10,15,17,19,21H,2-4,6,8,11-13,30H2,1H3,(H,33,35)(H,37,38)/b7-5-/t15-,17-,19+,21+,27-/m1/s1. The molecule has 2 aliphatic heterocycles. The van der Waals surface area contributed by atoms with E-state index >= 15 is 0 Å². The number of rotatable bonds is 3. The van der Waals surface area contributed by atoms with Crippen LogP contribution in [-0.2, 0) is 14.4 Å². The van der Waals surface area contributed by atoms with Gasteiger partial charge in [0.2, 0.25) is 17.7 Å². The molecule has 39 heavy (non-hydrogen) atoms. The number of hydrogen-bond acceptors (Lipinski definition) is 7. The van der Waals surface area contributed by atoms with Crippen LogP contribution >= 0.6 is 15.9 Å². The average molecular weight is 604 g/mol. The summed E-state index contributed by atoms with van der Waals surface area (Å²) in [7, 11) is 0. The second-order valence-electron chi connectivity index (χ2n) is 10.6. The molecule has 5 rings (SSSR count). The third-order valence-corrected chi connectivity index (χ3v) is 8.36. The molecule has 0 spiro atoms. The number of nitrogens with one attached hydrogen (secondary N) is 1. The van der Waals surface area contributed by atoms with Crippen LogP contribution in [0.5, 0.6) is 5.88 Å². The van der Waals surface area contributed by atoms with Crippen molar-refractivity contribution < 1.29 is 28.6 Å². The van der Waals surface area contributed by atoms with E-state index in [9.17, 15) is 23.9 Å². The van der Waals surface area contributed by atoms with Gasteiger partial charge in [0.25, 0.3) is 0 Å². The number of carboxylic acids is 1. The lowest BCUT2D eigenvalue weighted by atomic mass is 10.1. The maximum Gasteiger partial charge on any atom is 0.330 e. The molecule has 10 nitrogen and oxygen atoms in total. The van der Waals surface area contributed by atoms with Crippen molar-refractivity contribution in [3.8, 4) is 5.88 Å². The maximum absolute atomic E-state index is 14.0. The van der Waals surface area contributed by atoms with Crippen molar-refractivity contribution in [1.82, 2.24) is 20.2 Å².